The van der Waals surface area contributed by atoms with Crippen molar-refractivity contribution in [3.63, 3.8) is 0 Å². The fourth-order valence-electron chi connectivity index (χ4n) is 3.43. The minimum absolute atomic E-state index is 0. The molecule has 1 aromatic rings. The molecule has 0 radical (unpaired) electrons. The van der Waals surface area contributed by atoms with Crippen molar-refractivity contribution in [1.29, 1.82) is 0 Å². The van der Waals surface area contributed by atoms with E-state index in [-0.39, 0.29) is 17.0 Å². The Kier molecular flexibility index (Phi) is 19.7. The summed E-state index contributed by atoms with van der Waals surface area (Å²) < 4.78 is 2.30. The van der Waals surface area contributed by atoms with E-state index in [9.17, 15) is 0 Å². The van der Waals surface area contributed by atoms with Crippen molar-refractivity contribution in [2.45, 2.75) is 116 Å². The molecule has 0 aliphatic heterocycles. The Morgan fingerprint density at radius 3 is 1.24 bits per heavy atom. The van der Waals surface area contributed by atoms with Crippen LogP contribution in [-0.4, -0.2) is 0 Å². The predicted octanol–water partition coefficient (Wildman–Crippen LogP) is 4.24. The van der Waals surface area contributed by atoms with E-state index in [0.717, 1.165) is 0 Å². The first-order valence-electron chi connectivity index (χ1n) is 10.9. The summed E-state index contributed by atoms with van der Waals surface area (Å²) >= 11 is 0. The number of aromatic nitrogens is 1. The minimum Gasteiger partial charge on any atom is -1.00 e. The molecule has 0 N–H and O–H groups in total. The zero-order valence-corrected chi connectivity index (χ0v) is 18.3. The third kappa shape index (κ3) is 16.8. The quantitative estimate of drug-likeness (QED) is 0.266. The van der Waals surface area contributed by atoms with Crippen molar-refractivity contribution in [1.82, 2.24) is 0 Å². The van der Waals surface area contributed by atoms with Gasteiger partial charge in [-0.3, -0.25) is 0 Å². The first-order valence-corrected chi connectivity index (χ1v) is 10.9. The van der Waals surface area contributed by atoms with Crippen molar-refractivity contribution in [2.75, 3.05) is 0 Å². The highest BCUT2D eigenvalue weighted by Gasteiger charge is 1.98. The summed E-state index contributed by atoms with van der Waals surface area (Å²) in [5, 5.41) is 0. The Bertz CT molecular complexity index is 352. The lowest BCUT2D eigenvalue weighted by Gasteiger charge is -2.03. The maximum atomic E-state index is 2.30. The van der Waals surface area contributed by atoms with Gasteiger partial charge in [0.25, 0.3) is 0 Å². The smallest absolute Gasteiger partial charge is 0.168 e. The van der Waals surface area contributed by atoms with E-state index < -0.39 is 0 Å². The van der Waals surface area contributed by atoms with E-state index in [4.69, 9.17) is 0 Å². The van der Waals surface area contributed by atoms with E-state index in [1.54, 1.807) is 0 Å². The molecule has 0 aliphatic rings. The van der Waals surface area contributed by atoms with Crippen molar-refractivity contribution in [2.24, 2.45) is 0 Å². The number of halogens is 1. The van der Waals surface area contributed by atoms with Crippen LogP contribution in [0.2, 0.25) is 0 Å². The van der Waals surface area contributed by atoms with Crippen LogP contribution in [0.15, 0.2) is 30.6 Å². The number of unbranched alkanes of at least 4 members (excludes halogenated alkanes) is 15. The molecule has 1 rings (SSSR count). The number of hydrogen-bond acceptors (Lipinski definition) is 0. The van der Waals surface area contributed by atoms with Gasteiger partial charge in [0, 0.05) is 18.6 Å². The van der Waals surface area contributed by atoms with Gasteiger partial charge in [-0.15, -0.1) is 0 Å². The van der Waals surface area contributed by atoms with E-state index in [1.807, 2.05) is 0 Å². The van der Waals surface area contributed by atoms with Crippen LogP contribution in [0.1, 0.15) is 110 Å². The summed E-state index contributed by atoms with van der Waals surface area (Å²) in [5.74, 6) is 0. The molecule has 0 amide bonds. The summed E-state index contributed by atoms with van der Waals surface area (Å²) in [6.45, 7) is 3.48. The summed E-state index contributed by atoms with van der Waals surface area (Å²) in [4.78, 5) is 0. The molecule has 0 fully saturated rings. The molecule has 1 nitrogen and oxygen atoms in total. The van der Waals surface area contributed by atoms with Crippen molar-refractivity contribution in [3.05, 3.63) is 30.6 Å². The highest BCUT2D eigenvalue weighted by Crippen LogP contribution is 2.13. The molecular formula is C23H42BrN. The first kappa shape index (κ1) is 24.6. The number of nitrogens with zero attached hydrogens (tertiary/aromatic N) is 1. The Balaban J connectivity index is 0.00000576. The first-order chi connectivity index (χ1) is 11.9. The van der Waals surface area contributed by atoms with Crippen LogP contribution in [0.5, 0.6) is 0 Å². The number of hydrogen-bond donors (Lipinski definition) is 0. The molecule has 146 valence electrons. The number of rotatable bonds is 17. The molecule has 2 heteroatoms. The zero-order valence-electron chi connectivity index (χ0n) is 16.7. The Morgan fingerprint density at radius 1 is 0.480 bits per heavy atom. The van der Waals surface area contributed by atoms with Crippen LogP contribution in [0, 0.1) is 0 Å². The molecule has 0 saturated heterocycles. The average Bonchev–Trinajstić information content (AvgIpc) is 2.62. The SMILES string of the molecule is CCCCCCCCCCCCCCCCCC[n+]1ccccc1.[Br-]. The van der Waals surface area contributed by atoms with Crippen LogP contribution in [0.3, 0.4) is 0 Å². The monoisotopic (exact) mass is 411 g/mol. The Hall–Kier alpha value is -0.370. The molecule has 0 aromatic carbocycles. The third-order valence-corrected chi connectivity index (χ3v) is 5.05. The van der Waals surface area contributed by atoms with E-state index in [1.165, 1.54) is 109 Å². The molecule has 0 unspecified atom stereocenters. The van der Waals surface area contributed by atoms with Crippen LogP contribution in [0.4, 0.5) is 0 Å². The van der Waals surface area contributed by atoms with Crippen molar-refractivity contribution >= 4 is 0 Å². The molecule has 0 atom stereocenters. The maximum absolute atomic E-state index is 2.30. The molecule has 0 saturated carbocycles. The van der Waals surface area contributed by atoms with E-state index in [0.29, 0.717) is 0 Å². The van der Waals surface area contributed by atoms with Gasteiger partial charge in [-0.1, -0.05) is 103 Å². The number of aryl methyl sites for hydroxylation is 1. The summed E-state index contributed by atoms with van der Waals surface area (Å²) in [6, 6.07) is 6.32. The van der Waals surface area contributed by atoms with Gasteiger partial charge in [0.05, 0.1) is 0 Å². The van der Waals surface area contributed by atoms with Gasteiger partial charge in [-0.2, -0.15) is 0 Å². The summed E-state index contributed by atoms with van der Waals surface area (Å²) in [5.41, 5.74) is 0. The third-order valence-electron chi connectivity index (χ3n) is 5.05. The number of pyridine rings is 1. The van der Waals surface area contributed by atoms with Gasteiger partial charge >= 0.3 is 0 Å². The van der Waals surface area contributed by atoms with Gasteiger partial charge in [0.2, 0.25) is 0 Å². The topological polar surface area (TPSA) is 3.88 Å². The lowest BCUT2D eigenvalue weighted by atomic mass is 10.0. The Morgan fingerprint density at radius 2 is 0.840 bits per heavy atom. The molecular weight excluding hydrogens is 370 g/mol. The summed E-state index contributed by atoms with van der Waals surface area (Å²) in [6.07, 6.45) is 27.4. The fraction of sp³-hybridized carbons (Fsp3) is 0.783. The Labute approximate surface area is 168 Å². The highest BCUT2D eigenvalue weighted by atomic mass is 79.9. The second kappa shape index (κ2) is 19.9. The average molecular weight is 412 g/mol. The zero-order chi connectivity index (χ0) is 17.1. The van der Waals surface area contributed by atoms with Gasteiger partial charge in [-0.25, -0.2) is 4.57 Å². The van der Waals surface area contributed by atoms with Gasteiger partial charge in [0.15, 0.2) is 12.4 Å². The highest BCUT2D eigenvalue weighted by molar-refractivity contribution is 4.83. The molecule has 0 bridgehead atoms. The van der Waals surface area contributed by atoms with Gasteiger partial charge in [-0.05, 0) is 6.42 Å². The van der Waals surface area contributed by atoms with E-state index >= 15 is 0 Å². The second-order valence-corrected chi connectivity index (χ2v) is 7.42. The molecule has 0 spiro atoms. The van der Waals surface area contributed by atoms with Gasteiger partial charge < -0.3 is 17.0 Å². The maximum Gasteiger partial charge on any atom is 0.168 e. The largest absolute Gasteiger partial charge is 1.00 e. The molecule has 1 heterocycles. The predicted molar refractivity (Wildman–Crippen MR) is 106 cm³/mol. The molecule has 0 aliphatic carbocycles. The van der Waals surface area contributed by atoms with Crippen LogP contribution in [-0.2, 0) is 6.54 Å². The molecule has 1 aromatic heterocycles. The fourth-order valence-corrected chi connectivity index (χ4v) is 3.43. The van der Waals surface area contributed by atoms with Gasteiger partial charge in [0.1, 0.15) is 6.54 Å². The van der Waals surface area contributed by atoms with Crippen molar-refractivity contribution < 1.29 is 21.5 Å². The standard InChI is InChI=1S/C23H42N.BrH/c1-2-3-4-5-6-7-8-9-10-11-12-13-14-15-16-18-21-24-22-19-17-20-23-24;/h17,19-20,22-23H,2-16,18,21H2,1H3;1H/q+1;/p-1. The van der Waals surface area contributed by atoms with Crippen LogP contribution >= 0.6 is 0 Å². The van der Waals surface area contributed by atoms with E-state index in [2.05, 4.69) is 42.1 Å². The lowest BCUT2D eigenvalue weighted by molar-refractivity contribution is -0.697. The lowest BCUT2D eigenvalue weighted by Crippen LogP contribution is -3.00. The molecule has 25 heavy (non-hydrogen) atoms. The minimum atomic E-state index is 0. The van der Waals surface area contributed by atoms with Crippen LogP contribution < -0.4 is 21.5 Å². The summed E-state index contributed by atoms with van der Waals surface area (Å²) in [7, 11) is 0. The van der Waals surface area contributed by atoms with Crippen LogP contribution in [0.25, 0.3) is 0 Å². The normalized spacial score (nSPS) is 10.6. The van der Waals surface area contributed by atoms with Crippen molar-refractivity contribution in [3.8, 4) is 0 Å². The second-order valence-electron chi connectivity index (χ2n) is 7.42.